The Morgan fingerprint density at radius 3 is 2.32 bits per heavy atom. The number of hydrogen-bond acceptors (Lipinski definition) is 6. The van der Waals surface area contributed by atoms with Crippen molar-refractivity contribution in [3.05, 3.63) is 73.8 Å². The second kappa shape index (κ2) is 7.86. The van der Waals surface area contributed by atoms with E-state index < -0.39 is 9.85 Å². The molecule has 0 aliphatic rings. The van der Waals surface area contributed by atoms with Crippen LogP contribution in [0.25, 0.3) is 0 Å². The average molecular weight is 344 g/mol. The molecule has 25 heavy (non-hydrogen) atoms. The molecule has 0 aliphatic heterocycles. The first-order valence-electron chi connectivity index (χ1n) is 7.40. The van der Waals surface area contributed by atoms with Gasteiger partial charge in [0, 0.05) is 36.3 Å². The van der Waals surface area contributed by atoms with Crippen LogP contribution >= 0.6 is 0 Å². The molecule has 9 heteroatoms. The molecule has 0 bridgehead atoms. The fourth-order valence-corrected chi connectivity index (χ4v) is 2.26. The van der Waals surface area contributed by atoms with Gasteiger partial charge >= 0.3 is 0 Å². The number of nitrogens with one attached hydrogen (secondary N) is 2. The normalized spacial score (nSPS) is 10.1. The first kappa shape index (κ1) is 17.9. The topological polar surface area (TPSA) is 127 Å². The van der Waals surface area contributed by atoms with Crippen LogP contribution in [0.1, 0.15) is 15.9 Å². The number of anilines is 1. The first-order chi connectivity index (χ1) is 11.9. The van der Waals surface area contributed by atoms with Crippen LogP contribution in [0.5, 0.6) is 0 Å². The second-order valence-corrected chi connectivity index (χ2v) is 5.22. The summed E-state index contributed by atoms with van der Waals surface area (Å²) >= 11 is 0. The molecule has 2 rings (SSSR count). The van der Waals surface area contributed by atoms with Gasteiger partial charge in [-0.3, -0.25) is 25.0 Å². The molecule has 9 nitrogen and oxygen atoms in total. The van der Waals surface area contributed by atoms with Crippen molar-refractivity contribution in [3.63, 3.8) is 0 Å². The zero-order chi connectivity index (χ0) is 18.4. The lowest BCUT2D eigenvalue weighted by molar-refractivity contribution is -0.385. The Bertz CT molecular complexity index is 822. The zero-order valence-electron chi connectivity index (χ0n) is 13.4. The van der Waals surface area contributed by atoms with Gasteiger partial charge in [0.2, 0.25) is 0 Å². The minimum Gasteiger partial charge on any atom is -0.378 e. The van der Waals surface area contributed by atoms with E-state index in [1.807, 2.05) is 0 Å². The van der Waals surface area contributed by atoms with E-state index in [9.17, 15) is 25.0 Å². The van der Waals surface area contributed by atoms with Crippen LogP contribution in [0, 0.1) is 27.2 Å². The third-order valence-electron chi connectivity index (χ3n) is 3.48. The highest BCUT2D eigenvalue weighted by Crippen LogP contribution is 2.22. The van der Waals surface area contributed by atoms with Gasteiger partial charge in [0.05, 0.1) is 9.85 Å². The molecule has 0 fully saturated rings. The van der Waals surface area contributed by atoms with E-state index in [1.165, 1.54) is 24.3 Å². The van der Waals surface area contributed by atoms with Gasteiger partial charge in [-0.1, -0.05) is 12.1 Å². The maximum Gasteiger partial charge on any atom is 0.292 e. The number of hydrogen-bond donors (Lipinski definition) is 2. The highest BCUT2D eigenvalue weighted by Gasteiger charge is 2.14. The summed E-state index contributed by atoms with van der Waals surface area (Å²) in [6, 6.07) is 10.3. The van der Waals surface area contributed by atoms with Crippen molar-refractivity contribution in [3.8, 4) is 0 Å². The molecule has 2 N–H and O–H groups in total. The molecule has 0 radical (unpaired) electrons. The van der Waals surface area contributed by atoms with Crippen molar-refractivity contribution in [2.24, 2.45) is 0 Å². The van der Waals surface area contributed by atoms with Crippen molar-refractivity contribution in [1.82, 2.24) is 5.32 Å². The molecule has 0 aliphatic carbocycles. The van der Waals surface area contributed by atoms with Gasteiger partial charge in [-0.2, -0.15) is 0 Å². The third kappa shape index (κ3) is 4.50. The summed E-state index contributed by atoms with van der Waals surface area (Å²) in [7, 11) is 0. The summed E-state index contributed by atoms with van der Waals surface area (Å²) < 4.78 is 0. The van der Waals surface area contributed by atoms with Gasteiger partial charge in [-0.05, 0) is 25.1 Å². The average Bonchev–Trinajstić information content (AvgIpc) is 2.58. The molecule has 0 aromatic heterocycles. The monoisotopic (exact) mass is 344 g/mol. The van der Waals surface area contributed by atoms with Crippen LogP contribution in [-0.4, -0.2) is 28.8 Å². The SMILES string of the molecule is Cc1cc(C(=O)NCCNc2ccccc2[N+](=O)[O-])ccc1[N+](=O)[O-]. The predicted molar refractivity (Wildman–Crippen MR) is 91.8 cm³/mol. The molecule has 1 amide bonds. The number of rotatable bonds is 7. The predicted octanol–water partition coefficient (Wildman–Crippen LogP) is 2.65. The largest absolute Gasteiger partial charge is 0.378 e. The van der Waals surface area contributed by atoms with Gasteiger partial charge in [0.25, 0.3) is 17.3 Å². The molecule has 0 saturated carbocycles. The minimum absolute atomic E-state index is 0.0418. The fraction of sp³-hybridized carbons (Fsp3) is 0.188. The number of carbonyl (C=O) groups excluding carboxylic acids is 1. The van der Waals surface area contributed by atoms with Crippen LogP contribution in [0.3, 0.4) is 0 Å². The van der Waals surface area contributed by atoms with E-state index in [0.29, 0.717) is 23.4 Å². The van der Waals surface area contributed by atoms with Crippen molar-refractivity contribution in [1.29, 1.82) is 0 Å². The Hall–Kier alpha value is -3.49. The lowest BCUT2D eigenvalue weighted by Gasteiger charge is -2.09. The second-order valence-electron chi connectivity index (χ2n) is 5.22. The smallest absolute Gasteiger partial charge is 0.292 e. The van der Waals surface area contributed by atoms with Crippen molar-refractivity contribution in [2.75, 3.05) is 18.4 Å². The maximum atomic E-state index is 12.0. The molecular weight excluding hydrogens is 328 g/mol. The molecule has 0 heterocycles. The number of aryl methyl sites for hydroxylation is 1. The molecule has 2 aromatic rings. The zero-order valence-corrected chi connectivity index (χ0v) is 13.4. The van der Waals surface area contributed by atoms with E-state index >= 15 is 0 Å². The van der Waals surface area contributed by atoms with E-state index in [2.05, 4.69) is 10.6 Å². The van der Waals surface area contributed by atoms with Gasteiger partial charge in [0.15, 0.2) is 0 Å². The molecule has 0 saturated heterocycles. The van der Waals surface area contributed by atoms with Crippen LogP contribution in [-0.2, 0) is 0 Å². The fourth-order valence-electron chi connectivity index (χ4n) is 2.26. The van der Waals surface area contributed by atoms with Crippen molar-refractivity contribution in [2.45, 2.75) is 6.92 Å². The Kier molecular flexibility index (Phi) is 5.62. The summed E-state index contributed by atoms with van der Waals surface area (Å²) in [6.45, 7) is 2.09. The molecule has 0 spiro atoms. The van der Waals surface area contributed by atoms with E-state index in [-0.39, 0.29) is 23.8 Å². The summed E-state index contributed by atoms with van der Waals surface area (Å²) in [4.78, 5) is 32.7. The van der Waals surface area contributed by atoms with E-state index in [4.69, 9.17) is 0 Å². The summed E-state index contributed by atoms with van der Waals surface area (Å²) in [6.07, 6.45) is 0. The third-order valence-corrected chi connectivity index (χ3v) is 3.48. The standard InChI is InChI=1S/C16H16N4O5/c1-11-10-12(6-7-14(11)19(22)23)16(21)18-9-8-17-13-4-2-3-5-15(13)20(24)25/h2-7,10,17H,8-9H2,1H3,(H,18,21). The molecule has 0 unspecified atom stereocenters. The molecular formula is C16H16N4O5. The molecule has 0 atom stereocenters. The summed E-state index contributed by atoms with van der Waals surface area (Å²) in [5, 5.41) is 27.2. The van der Waals surface area contributed by atoms with Crippen molar-refractivity contribution < 1.29 is 14.6 Å². The van der Waals surface area contributed by atoms with Crippen LogP contribution < -0.4 is 10.6 Å². The van der Waals surface area contributed by atoms with Crippen LogP contribution in [0.2, 0.25) is 0 Å². The Balaban J connectivity index is 1.90. The molecule has 130 valence electrons. The van der Waals surface area contributed by atoms with Gasteiger partial charge < -0.3 is 10.6 Å². The number of amides is 1. The summed E-state index contributed by atoms with van der Waals surface area (Å²) in [5.41, 5.74) is 0.992. The number of benzene rings is 2. The number of nitrogens with zero attached hydrogens (tertiary/aromatic N) is 2. The lowest BCUT2D eigenvalue weighted by atomic mass is 10.1. The number of nitro benzene ring substituents is 2. The molecule has 2 aromatic carbocycles. The van der Waals surface area contributed by atoms with Gasteiger partial charge in [-0.15, -0.1) is 0 Å². The van der Waals surface area contributed by atoms with Gasteiger partial charge in [-0.25, -0.2) is 0 Å². The number of para-hydroxylation sites is 2. The summed E-state index contributed by atoms with van der Waals surface area (Å²) in [5.74, 6) is -0.373. The minimum atomic E-state index is -0.506. The first-order valence-corrected chi connectivity index (χ1v) is 7.40. The number of carbonyl (C=O) groups is 1. The quantitative estimate of drug-likeness (QED) is 0.451. The van der Waals surface area contributed by atoms with E-state index in [1.54, 1.807) is 25.1 Å². The van der Waals surface area contributed by atoms with Crippen LogP contribution in [0.4, 0.5) is 17.1 Å². The van der Waals surface area contributed by atoms with Crippen molar-refractivity contribution >= 4 is 23.0 Å². The van der Waals surface area contributed by atoms with Gasteiger partial charge in [0.1, 0.15) is 5.69 Å². The Labute approximate surface area is 143 Å². The number of nitro groups is 2. The Morgan fingerprint density at radius 2 is 1.68 bits per heavy atom. The highest BCUT2D eigenvalue weighted by molar-refractivity contribution is 5.94. The Morgan fingerprint density at radius 1 is 1.00 bits per heavy atom. The highest BCUT2D eigenvalue weighted by atomic mass is 16.6. The van der Waals surface area contributed by atoms with E-state index in [0.717, 1.165) is 0 Å². The van der Waals surface area contributed by atoms with Crippen LogP contribution in [0.15, 0.2) is 42.5 Å². The maximum absolute atomic E-state index is 12.0. The lowest BCUT2D eigenvalue weighted by Crippen LogP contribution is -2.28.